The van der Waals surface area contributed by atoms with Gasteiger partial charge in [-0.2, -0.15) is 0 Å². The van der Waals surface area contributed by atoms with E-state index in [2.05, 4.69) is 0 Å². The first-order chi connectivity index (χ1) is 8.83. The minimum Gasteiger partial charge on any atom is -0.219 e. The zero-order valence-electron chi connectivity index (χ0n) is 11.6. The lowest BCUT2D eigenvalue weighted by molar-refractivity contribution is 0.564. The van der Waals surface area contributed by atoms with Crippen LogP contribution in [0.5, 0.6) is 0 Å². The summed E-state index contributed by atoms with van der Waals surface area (Å²) in [5.41, 5.74) is 0.660. The van der Waals surface area contributed by atoms with Crippen LogP contribution in [0.1, 0.15) is 32.8 Å². The maximum atomic E-state index is 12.7. The van der Waals surface area contributed by atoms with Gasteiger partial charge in [0.1, 0.15) is 0 Å². The molecular formula is C16H19O2S. The molecule has 0 N–H and O–H groups in total. The van der Waals surface area contributed by atoms with E-state index in [1.54, 1.807) is 30.4 Å². The lowest BCUT2D eigenvalue weighted by Crippen LogP contribution is -2.17. The summed E-state index contributed by atoms with van der Waals surface area (Å²) in [7, 11) is -3.42. The van der Waals surface area contributed by atoms with Gasteiger partial charge in [-0.05, 0) is 36.0 Å². The van der Waals surface area contributed by atoms with Crippen LogP contribution in [0.2, 0.25) is 0 Å². The van der Waals surface area contributed by atoms with Crippen molar-refractivity contribution in [3.8, 4) is 0 Å². The zero-order chi connectivity index (χ0) is 14.1. The van der Waals surface area contributed by atoms with Gasteiger partial charge in [0.25, 0.3) is 0 Å². The van der Waals surface area contributed by atoms with Gasteiger partial charge in [0.2, 0.25) is 9.84 Å². The maximum Gasteiger partial charge on any atom is 0.206 e. The molecule has 1 aliphatic carbocycles. The molecule has 2 nitrogen and oxygen atoms in total. The van der Waals surface area contributed by atoms with E-state index in [0.29, 0.717) is 16.2 Å². The molecule has 1 radical (unpaired) electrons. The van der Waals surface area contributed by atoms with Gasteiger partial charge in [0.05, 0.1) is 9.80 Å². The Morgan fingerprint density at radius 1 is 1.11 bits per heavy atom. The van der Waals surface area contributed by atoms with Gasteiger partial charge < -0.3 is 0 Å². The molecule has 1 aromatic rings. The summed E-state index contributed by atoms with van der Waals surface area (Å²) in [6.45, 7) is 6.08. The number of allylic oxidation sites excluding steroid dienone is 3. The van der Waals surface area contributed by atoms with Crippen LogP contribution in [0.25, 0.3) is 0 Å². The van der Waals surface area contributed by atoms with Crippen molar-refractivity contribution in [3.63, 3.8) is 0 Å². The molecule has 101 valence electrons. The largest absolute Gasteiger partial charge is 0.219 e. The summed E-state index contributed by atoms with van der Waals surface area (Å²) in [6, 6.07) is 7.26. The van der Waals surface area contributed by atoms with E-state index in [9.17, 15) is 8.42 Å². The Kier molecular flexibility index (Phi) is 3.68. The van der Waals surface area contributed by atoms with E-state index in [4.69, 9.17) is 0 Å². The van der Waals surface area contributed by atoms with Crippen LogP contribution in [0.3, 0.4) is 0 Å². The van der Waals surface area contributed by atoms with Crippen LogP contribution in [-0.4, -0.2) is 8.42 Å². The molecule has 1 aliphatic rings. The van der Waals surface area contributed by atoms with E-state index >= 15 is 0 Å². The van der Waals surface area contributed by atoms with E-state index in [1.807, 2.05) is 39.3 Å². The molecule has 0 spiro atoms. The second-order valence-corrected chi connectivity index (χ2v) is 7.60. The summed E-state index contributed by atoms with van der Waals surface area (Å²) in [5, 5.41) is 0. The molecule has 0 saturated heterocycles. The van der Waals surface area contributed by atoms with E-state index in [0.717, 1.165) is 5.56 Å². The molecule has 0 saturated carbocycles. The van der Waals surface area contributed by atoms with Crippen molar-refractivity contribution >= 4 is 9.84 Å². The van der Waals surface area contributed by atoms with E-state index < -0.39 is 9.84 Å². The van der Waals surface area contributed by atoms with Crippen molar-refractivity contribution in [1.29, 1.82) is 0 Å². The fourth-order valence-corrected chi connectivity index (χ4v) is 3.89. The number of benzene rings is 1. The molecule has 0 atom stereocenters. The highest BCUT2D eigenvalue weighted by atomic mass is 32.2. The van der Waals surface area contributed by atoms with Gasteiger partial charge in [0, 0.05) is 0 Å². The molecule has 3 heteroatoms. The number of rotatable bonds is 2. The lowest BCUT2D eigenvalue weighted by atomic mass is 9.87. The Balaban J connectivity index is 2.59. The Morgan fingerprint density at radius 3 is 2.37 bits per heavy atom. The Bertz CT molecular complexity index is 629. The third-order valence-electron chi connectivity index (χ3n) is 3.15. The Hall–Kier alpha value is -1.35. The van der Waals surface area contributed by atoms with Crippen LogP contribution in [0, 0.1) is 6.42 Å². The van der Waals surface area contributed by atoms with Crippen molar-refractivity contribution < 1.29 is 8.42 Å². The van der Waals surface area contributed by atoms with Crippen molar-refractivity contribution in [3.05, 3.63) is 59.4 Å². The predicted octanol–water partition coefficient (Wildman–Crippen LogP) is 3.81. The first-order valence-electron chi connectivity index (χ1n) is 6.38. The SMILES string of the molecule is CC(C)(C)c1ccccc1S(=O)(=O)C1=CC[CH]C=C1. The molecule has 0 heterocycles. The van der Waals surface area contributed by atoms with Gasteiger partial charge in [-0.15, -0.1) is 0 Å². The topological polar surface area (TPSA) is 34.1 Å². The lowest BCUT2D eigenvalue weighted by Gasteiger charge is -2.23. The van der Waals surface area contributed by atoms with Crippen LogP contribution >= 0.6 is 0 Å². The molecule has 0 fully saturated rings. The van der Waals surface area contributed by atoms with Crippen LogP contribution < -0.4 is 0 Å². The minimum absolute atomic E-state index is 0.200. The molecular weight excluding hydrogens is 256 g/mol. The van der Waals surface area contributed by atoms with E-state index in [-0.39, 0.29) is 5.41 Å². The van der Waals surface area contributed by atoms with Crippen LogP contribution in [0.15, 0.2) is 52.3 Å². The molecule has 1 aromatic carbocycles. The molecule has 0 aromatic heterocycles. The molecule has 0 unspecified atom stereocenters. The summed E-state index contributed by atoms with van der Waals surface area (Å²) in [6.07, 6.45) is 7.83. The third kappa shape index (κ3) is 2.81. The first-order valence-corrected chi connectivity index (χ1v) is 7.86. The highest BCUT2D eigenvalue weighted by Crippen LogP contribution is 2.32. The van der Waals surface area contributed by atoms with Crippen LogP contribution in [-0.2, 0) is 15.3 Å². The van der Waals surface area contributed by atoms with Gasteiger partial charge in [0.15, 0.2) is 0 Å². The van der Waals surface area contributed by atoms with Gasteiger partial charge >= 0.3 is 0 Å². The summed E-state index contributed by atoms with van der Waals surface area (Å²) in [4.78, 5) is 0.812. The smallest absolute Gasteiger partial charge is 0.206 e. The standard InChI is InChI=1S/C16H19O2S/c1-16(2,3)14-11-7-8-12-15(14)19(17,18)13-9-5-4-6-10-13/h4-5,7-12H,6H2,1-3H3. The maximum absolute atomic E-state index is 12.7. The number of hydrogen-bond acceptors (Lipinski definition) is 2. The summed E-state index contributed by atoms with van der Waals surface area (Å²) < 4.78 is 25.4. The first kappa shape index (κ1) is 14.1. The fraction of sp³-hybridized carbons (Fsp3) is 0.312. The van der Waals surface area contributed by atoms with Crippen molar-refractivity contribution in [2.45, 2.75) is 37.5 Å². The molecule has 0 aliphatic heterocycles. The average molecular weight is 275 g/mol. The van der Waals surface area contributed by atoms with Crippen molar-refractivity contribution in [1.82, 2.24) is 0 Å². The molecule has 0 bridgehead atoms. The van der Waals surface area contributed by atoms with Gasteiger partial charge in [-0.1, -0.05) is 51.1 Å². The average Bonchev–Trinajstić information content (AvgIpc) is 2.39. The Morgan fingerprint density at radius 2 is 1.79 bits per heavy atom. The van der Waals surface area contributed by atoms with Crippen molar-refractivity contribution in [2.75, 3.05) is 0 Å². The normalized spacial score (nSPS) is 16.3. The second kappa shape index (κ2) is 4.97. The molecule has 19 heavy (non-hydrogen) atoms. The highest BCUT2D eigenvalue weighted by Gasteiger charge is 2.27. The zero-order valence-corrected chi connectivity index (χ0v) is 12.4. The third-order valence-corrected chi connectivity index (χ3v) is 5.00. The van der Waals surface area contributed by atoms with E-state index in [1.165, 1.54) is 0 Å². The Labute approximate surface area is 115 Å². The second-order valence-electron chi connectivity index (χ2n) is 5.69. The monoisotopic (exact) mass is 275 g/mol. The van der Waals surface area contributed by atoms with Crippen LogP contribution in [0.4, 0.5) is 0 Å². The number of hydrogen-bond donors (Lipinski definition) is 0. The van der Waals surface area contributed by atoms with Gasteiger partial charge in [-0.3, -0.25) is 0 Å². The minimum atomic E-state index is -3.42. The predicted molar refractivity (Wildman–Crippen MR) is 78.5 cm³/mol. The summed E-state index contributed by atoms with van der Waals surface area (Å²) in [5.74, 6) is 0. The number of sulfone groups is 1. The summed E-state index contributed by atoms with van der Waals surface area (Å²) >= 11 is 0. The van der Waals surface area contributed by atoms with Crippen molar-refractivity contribution in [2.24, 2.45) is 0 Å². The molecule has 2 rings (SSSR count). The highest BCUT2D eigenvalue weighted by molar-refractivity contribution is 7.95. The molecule has 0 amide bonds. The van der Waals surface area contributed by atoms with Gasteiger partial charge in [-0.25, -0.2) is 8.42 Å². The quantitative estimate of drug-likeness (QED) is 0.822. The fourth-order valence-electron chi connectivity index (χ4n) is 2.14.